The lowest BCUT2D eigenvalue weighted by Gasteiger charge is -2.31. The molecule has 2 aromatic rings. The molecule has 7 heteroatoms. The van der Waals surface area contributed by atoms with Crippen LogP contribution >= 0.6 is 0 Å². The van der Waals surface area contributed by atoms with Crippen LogP contribution in [-0.4, -0.2) is 46.3 Å². The van der Waals surface area contributed by atoms with E-state index in [4.69, 9.17) is 4.74 Å². The number of amides is 1. The molecule has 1 saturated carbocycles. The summed E-state index contributed by atoms with van der Waals surface area (Å²) in [5, 5.41) is 4.83. The maximum absolute atomic E-state index is 12.5. The molecule has 0 aliphatic heterocycles. The first kappa shape index (κ1) is 18.1. The molecule has 1 aliphatic rings. The highest BCUT2D eigenvalue weighted by Gasteiger charge is 2.24. The maximum Gasteiger partial charge on any atom is 0.359 e. The Hall–Kier alpha value is -2.70. The van der Waals surface area contributed by atoms with E-state index in [0.29, 0.717) is 10.8 Å². The molecule has 1 aromatic carbocycles. The predicted octanol–water partition coefficient (Wildman–Crippen LogP) is 1.88. The molecule has 0 saturated heterocycles. The van der Waals surface area contributed by atoms with Gasteiger partial charge in [0.2, 0.25) is 0 Å². The number of hydrogen-bond acceptors (Lipinski definition) is 5. The summed E-state index contributed by atoms with van der Waals surface area (Å²) in [6.45, 7) is -0.329. The van der Waals surface area contributed by atoms with E-state index in [-0.39, 0.29) is 29.8 Å². The summed E-state index contributed by atoms with van der Waals surface area (Å²) in [4.78, 5) is 38.6. The molecule has 0 spiro atoms. The molecule has 0 unspecified atom stereocenters. The average Bonchev–Trinajstić information content (AvgIpc) is 2.68. The fourth-order valence-corrected chi connectivity index (χ4v) is 3.42. The first-order valence-corrected chi connectivity index (χ1v) is 8.88. The van der Waals surface area contributed by atoms with Gasteiger partial charge in [0.1, 0.15) is 0 Å². The van der Waals surface area contributed by atoms with E-state index in [0.717, 1.165) is 30.4 Å². The molecular formula is C19H23N3O4. The number of fused-ring (bicyclic) bond motifs is 1. The van der Waals surface area contributed by atoms with Gasteiger partial charge in [-0.3, -0.25) is 9.59 Å². The Bertz CT molecular complexity index is 884. The summed E-state index contributed by atoms with van der Waals surface area (Å²) < 4.78 is 6.30. The highest BCUT2D eigenvalue weighted by Crippen LogP contribution is 2.21. The van der Waals surface area contributed by atoms with E-state index in [9.17, 15) is 14.4 Å². The van der Waals surface area contributed by atoms with Gasteiger partial charge in [0.15, 0.2) is 12.3 Å². The fraction of sp³-hybridized carbons (Fsp3) is 0.474. The van der Waals surface area contributed by atoms with Crippen molar-refractivity contribution in [3.63, 3.8) is 0 Å². The zero-order valence-electron chi connectivity index (χ0n) is 15.1. The van der Waals surface area contributed by atoms with Crippen LogP contribution in [0.4, 0.5) is 0 Å². The largest absolute Gasteiger partial charge is 0.451 e. The third-order valence-corrected chi connectivity index (χ3v) is 4.99. The third-order valence-electron chi connectivity index (χ3n) is 4.99. The zero-order chi connectivity index (χ0) is 18.7. The molecule has 3 rings (SSSR count). The van der Waals surface area contributed by atoms with Crippen molar-refractivity contribution in [2.45, 2.75) is 38.1 Å². The van der Waals surface area contributed by atoms with Crippen molar-refractivity contribution in [1.29, 1.82) is 0 Å². The Morgan fingerprint density at radius 1 is 1.19 bits per heavy atom. The Kier molecular flexibility index (Phi) is 5.35. The highest BCUT2D eigenvalue weighted by atomic mass is 16.5. The van der Waals surface area contributed by atoms with Gasteiger partial charge >= 0.3 is 5.97 Å². The number of hydrogen-bond donors (Lipinski definition) is 0. The number of rotatable bonds is 4. The van der Waals surface area contributed by atoms with Crippen molar-refractivity contribution >= 4 is 22.6 Å². The Morgan fingerprint density at radius 3 is 2.54 bits per heavy atom. The molecule has 138 valence electrons. The molecule has 1 heterocycles. The predicted molar refractivity (Wildman–Crippen MR) is 96.9 cm³/mol. The summed E-state index contributed by atoms with van der Waals surface area (Å²) in [5.74, 6) is -0.929. The minimum Gasteiger partial charge on any atom is -0.451 e. The highest BCUT2D eigenvalue weighted by molar-refractivity contribution is 6.02. The summed E-state index contributed by atoms with van der Waals surface area (Å²) in [6.07, 6.45) is 5.43. The summed E-state index contributed by atoms with van der Waals surface area (Å²) in [7, 11) is 3.24. The van der Waals surface area contributed by atoms with Gasteiger partial charge < -0.3 is 9.64 Å². The number of nitrogens with zero attached hydrogens (tertiary/aromatic N) is 3. The first-order valence-electron chi connectivity index (χ1n) is 8.88. The molecule has 0 atom stereocenters. The van der Waals surface area contributed by atoms with Crippen molar-refractivity contribution < 1.29 is 14.3 Å². The molecule has 1 fully saturated rings. The van der Waals surface area contributed by atoms with Crippen LogP contribution in [0.25, 0.3) is 10.8 Å². The Morgan fingerprint density at radius 2 is 1.85 bits per heavy atom. The molecule has 0 bridgehead atoms. The number of carbonyl (C=O) groups is 2. The van der Waals surface area contributed by atoms with Gasteiger partial charge in [0.05, 0.1) is 5.39 Å². The normalized spacial score (nSPS) is 15.0. The number of carbonyl (C=O) groups excluding carboxylic acids is 2. The number of benzene rings is 1. The second-order valence-corrected chi connectivity index (χ2v) is 6.70. The van der Waals surface area contributed by atoms with Gasteiger partial charge in [-0.15, -0.1) is 0 Å². The monoisotopic (exact) mass is 357 g/mol. The van der Waals surface area contributed by atoms with Gasteiger partial charge in [-0.05, 0) is 18.9 Å². The average molecular weight is 357 g/mol. The lowest BCUT2D eigenvalue weighted by molar-refractivity contribution is -0.135. The maximum atomic E-state index is 12.5. The number of aryl methyl sites for hydroxylation is 1. The van der Waals surface area contributed by atoms with Gasteiger partial charge in [0, 0.05) is 25.5 Å². The Labute approximate surface area is 151 Å². The molecule has 1 aromatic heterocycles. The van der Waals surface area contributed by atoms with E-state index in [1.807, 2.05) is 0 Å². The van der Waals surface area contributed by atoms with Crippen molar-refractivity contribution in [2.24, 2.45) is 7.05 Å². The zero-order valence-corrected chi connectivity index (χ0v) is 15.1. The summed E-state index contributed by atoms with van der Waals surface area (Å²) in [5.41, 5.74) is -0.249. The minimum absolute atomic E-state index is 0.0378. The smallest absolute Gasteiger partial charge is 0.359 e. The molecule has 1 amide bonds. The molecule has 26 heavy (non-hydrogen) atoms. The van der Waals surface area contributed by atoms with Gasteiger partial charge in [-0.1, -0.05) is 37.5 Å². The summed E-state index contributed by atoms with van der Waals surface area (Å²) >= 11 is 0. The van der Waals surface area contributed by atoms with E-state index in [1.165, 1.54) is 13.5 Å². The lowest BCUT2D eigenvalue weighted by Crippen LogP contribution is -2.40. The third kappa shape index (κ3) is 3.61. The van der Waals surface area contributed by atoms with Crippen LogP contribution < -0.4 is 5.56 Å². The van der Waals surface area contributed by atoms with Crippen LogP contribution in [0.2, 0.25) is 0 Å². The molecule has 0 N–H and O–H groups in total. The number of ether oxygens (including phenoxy) is 1. The van der Waals surface area contributed by atoms with Gasteiger partial charge in [0.25, 0.3) is 11.5 Å². The van der Waals surface area contributed by atoms with Crippen molar-refractivity contribution in [2.75, 3.05) is 13.7 Å². The first-order chi connectivity index (χ1) is 12.5. The second-order valence-electron chi connectivity index (χ2n) is 6.70. The standard InChI is InChI=1S/C19H23N3O4/c1-21(13-8-4-3-5-9-13)16(23)12-26-19(25)17-14-10-6-7-11-15(14)18(24)22(2)20-17/h6-7,10-11,13H,3-5,8-9,12H2,1-2H3. The quantitative estimate of drug-likeness (QED) is 0.781. The number of likely N-dealkylation sites (N-methyl/N-ethyl adjacent to an activating group) is 1. The SMILES string of the molecule is CN(C(=O)COC(=O)c1nn(C)c(=O)c2ccccc12)C1CCCCC1. The van der Waals surface area contributed by atoms with Crippen LogP contribution in [0, 0.1) is 0 Å². The van der Waals surface area contributed by atoms with E-state index >= 15 is 0 Å². The van der Waals surface area contributed by atoms with E-state index in [2.05, 4.69) is 5.10 Å². The minimum atomic E-state index is -0.706. The number of esters is 1. The van der Waals surface area contributed by atoms with Crippen LogP contribution in [0.1, 0.15) is 42.6 Å². The second kappa shape index (κ2) is 7.68. The van der Waals surface area contributed by atoms with Crippen molar-refractivity contribution in [1.82, 2.24) is 14.7 Å². The van der Waals surface area contributed by atoms with Crippen LogP contribution in [0.15, 0.2) is 29.1 Å². The van der Waals surface area contributed by atoms with E-state index in [1.54, 1.807) is 36.2 Å². The van der Waals surface area contributed by atoms with Gasteiger partial charge in [-0.25, -0.2) is 9.48 Å². The summed E-state index contributed by atoms with van der Waals surface area (Å²) in [6, 6.07) is 6.95. The van der Waals surface area contributed by atoms with Crippen LogP contribution in [0.5, 0.6) is 0 Å². The Balaban J connectivity index is 1.72. The van der Waals surface area contributed by atoms with Crippen molar-refractivity contribution in [3.05, 3.63) is 40.3 Å². The van der Waals surface area contributed by atoms with Crippen LogP contribution in [-0.2, 0) is 16.6 Å². The topological polar surface area (TPSA) is 81.5 Å². The number of aromatic nitrogens is 2. The molecule has 1 aliphatic carbocycles. The van der Waals surface area contributed by atoms with Crippen molar-refractivity contribution in [3.8, 4) is 0 Å². The molecule has 0 radical (unpaired) electrons. The lowest BCUT2D eigenvalue weighted by atomic mass is 9.94. The van der Waals surface area contributed by atoms with Crippen LogP contribution in [0.3, 0.4) is 0 Å². The molecule has 7 nitrogen and oxygen atoms in total. The van der Waals surface area contributed by atoms with E-state index < -0.39 is 5.97 Å². The fourth-order valence-electron chi connectivity index (χ4n) is 3.42. The van der Waals surface area contributed by atoms with Gasteiger partial charge in [-0.2, -0.15) is 5.10 Å². The molecular weight excluding hydrogens is 334 g/mol.